The second kappa shape index (κ2) is 6.05. The molecule has 108 valence electrons. The molecule has 2 rings (SSSR count). The summed E-state index contributed by atoms with van der Waals surface area (Å²) in [5.41, 5.74) is 6.32. The van der Waals surface area contributed by atoms with E-state index in [9.17, 15) is 9.59 Å². The van der Waals surface area contributed by atoms with Crippen LogP contribution < -0.4 is 11.1 Å². The van der Waals surface area contributed by atoms with Gasteiger partial charge in [-0.2, -0.15) is 0 Å². The lowest BCUT2D eigenvalue weighted by atomic mass is 9.68. The second-order valence-electron chi connectivity index (χ2n) is 5.31. The predicted molar refractivity (Wildman–Crippen MR) is 75.5 cm³/mol. The Bertz CT molecular complexity index is 504. The third kappa shape index (κ3) is 2.82. The fraction of sp³-hybridized carbons (Fsp3) is 0.467. The van der Waals surface area contributed by atoms with E-state index in [1.54, 1.807) is 24.3 Å². The molecule has 5 heteroatoms. The number of carboxylic acids is 1. The van der Waals surface area contributed by atoms with Crippen LogP contribution in [0.4, 0.5) is 0 Å². The van der Waals surface area contributed by atoms with Crippen LogP contribution in [0.1, 0.15) is 35.2 Å². The van der Waals surface area contributed by atoms with E-state index in [-0.39, 0.29) is 11.3 Å². The van der Waals surface area contributed by atoms with Crippen LogP contribution in [0.25, 0.3) is 0 Å². The third-order valence-corrected chi connectivity index (χ3v) is 4.11. The van der Waals surface area contributed by atoms with Crippen LogP contribution in [0, 0.1) is 5.41 Å². The van der Waals surface area contributed by atoms with E-state index >= 15 is 0 Å². The third-order valence-electron chi connectivity index (χ3n) is 4.11. The highest BCUT2D eigenvalue weighted by Gasteiger charge is 2.42. The zero-order chi connectivity index (χ0) is 14.6. The summed E-state index contributed by atoms with van der Waals surface area (Å²) in [7, 11) is 0. The topological polar surface area (TPSA) is 92.4 Å². The summed E-state index contributed by atoms with van der Waals surface area (Å²) in [5.74, 6) is -0.941. The van der Waals surface area contributed by atoms with Gasteiger partial charge in [0, 0.05) is 13.1 Å². The molecule has 1 aliphatic carbocycles. The number of rotatable bonds is 6. The minimum atomic E-state index is -0.940. The number of amides is 1. The molecule has 0 heterocycles. The molecule has 0 atom stereocenters. The first-order chi connectivity index (χ1) is 9.59. The quantitative estimate of drug-likeness (QED) is 0.727. The Hall–Kier alpha value is -1.88. The van der Waals surface area contributed by atoms with Crippen LogP contribution in [0.3, 0.4) is 0 Å². The number of aromatic carboxylic acids is 1. The molecule has 1 saturated carbocycles. The van der Waals surface area contributed by atoms with Crippen molar-refractivity contribution in [1.29, 1.82) is 0 Å². The van der Waals surface area contributed by atoms with Gasteiger partial charge in [0.1, 0.15) is 0 Å². The number of nitrogens with two attached hydrogens (primary N) is 1. The average molecular weight is 276 g/mol. The number of carboxylic acid groups (broad SMARTS) is 1. The van der Waals surface area contributed by atoms with Gasteiger partial charge in [-0.1, -0.05) is 24.6 Å². The van der Waals surface area contributed by atoms with E-state index < -0.39 is 5.97 Å². The van der Waals surface area contributed by atoms with Crippen LogP contribution in [-0.4, -0.2) is 30.1 Å². The Kier molecular flexibility index (Phi) is 4.39. The van der Waals surface area contributed by atoms with E-state index in [1.807, 2.05) is 0 Å². The fourth-order valence-corrected chi connectivity index (χ4v) is 2.57. The van der Waals surface area contributed by atoms with Gasteiger partial charge in [-0.15, -0.1) is 0 Å². The number of hydrogen-bond donors (Lipinski definition) is 3. The van der Waals surface area contributed by atoms with E-state index in [2.05, 4.69) is 5.32 Å². The number of benzene rings is 1. The Morgan fingerprint density at radius 2 is 2.00 bits per heavy atom. The van der Waals surface area contributed by atoms with Gasteiger partial charge < -0.3 is 16.2 Å². The lowest BCUT2D eigenvalue weighted by Gasteiger charge is -2.39. The molecule has 0 radical (unpaired) electrons. The molecule has 1 aromatic carbocycles. The van der Waals surface area contributed by atoms with Crippen molar-refractivity contribution in [2.45, 2.75) is 25.7 Å². The summed E-state index contributed by atoms with van der Waals surface area (Å²) in [5, 5.41) is 12.0. The smallest absolute Gasteiger partial charge is 0.335 e. The molecule has 5 nitrogen and oxygen atoms in total. The molecule has 0 saturated heterocycles. The second-order valence-corrected chi connectivity index (χ2v) is 5.31. The van der Waals surface area contributed by atoms with Gasteiger partial charge in [-0.3, -0.25) is 4.79 Å². The van der Waals surface area contributed by atoms with Gasteiger partial charge in [0.2, 0.25) is 5.91 Å². The van der Waals surface area contributed by atoms with E-state index in [0.29, 0.717) is 25.1 Å². The van der Waals surface area contributed by atoms with Crippen molar-refractivity contribution in [3.63, 3.8) is 0 Å². The zero-order valence-corrected chi connectivity index (χ0v) is 11.4. The van der Waals surface area contributed by atoms with Crippen molar-refractivity contribution in [2.75, 3.05) is 13.1 Å². The van der Waals surface area contributed by atoms with Crippen LogP contribution in [0.5, 0.6) is 0 Å². The maximum atomic E-state index is 12.1. The Morgan fingerprint density at radius 3 is 2.55 bits per heavy atom. The van der Waals surface area contributed by atoms with Crippen molar-refractivity contribution in [3.05, 3.63) is 35.4 Å². The number of carbonyl (C=O) groups excluding carboxylic acids is 1. The van der Waals surface area contributed by atoms with E-state index in [1.165, 1.54) is 0 Å². The first-order valence-corrected chi connectivity index (χ1v) is 6.89. The van der Waals surface area contributed by atoms with Gasteiger partial charge in [0.15, 0.2) is 0 Å². The largest absolute Gasteiger partial charge is 0.478 e. The summed E-state index contributed by atoms with van der Waals surface area (Å²) in [6, 6.07) is 6.85. The molecule has 4 N–H and O–H groups in total. The summed E-state index contributed by atoms with van der Waals surface area (Å²) in [4.78, 5) is 23.2. The molecule has 0 aromatic heterocycles. The lowest BCUT2D eigenvalue weighted by Crippen LogP contribution is -2.50. The Morgan fingerprint density at radius 1 is 1.30 bits per heavy atom. The molecule has 20 heavy (non-hydrogen) atoms. The fourth-order valence-electron chi connectivity index (χ4n) is 2.57. The number of nitrogens with one attached hydrogen (secondary N) is 1. The highest BCUT2D eigenvalue weighted by Crippen LogP contribution is 2.39. The predicted octanol–water partition coefficient (Wildman–Crippen LogP) is 1.17. The van der Waals surface area contributed by atoms with Crippen molar-refractivity contribution in [3.8, 4) is 0 Å². The summed E-state index contributed by atoms with van der Waals surface area (Å²) in [6.45, 7) is 0.815. The minimum Gasteiger partial charge on any atom is -0.478 e. The molecular formula is C15H20N2O3. The van der Waals surface area contributed by atoms with Crippen molar-refractivity contribution in [1.82, 2.24) is 5.32 Å². The summed E-state index contributed by atoms with van der Waals surface area (Å²) < 4.78 is 0. The van der Waals surface area contributed by atoms with Gasteiger partial charge in [-0.05, 0) is 30.9 Å². The molecule has 0 spiro atoms. The number of hydrogen-bond acceptors (Lipinski definition) is 3. The zero-order valence-electron chi connectivity index (χ0n) is 11.4. The summed E-state index contributed by atoms with van der Waals surface area (Å²) in [6.07, 6.45) is 3.25. The van der Waals surface area contributed by atoms with Crippen molar-refractivity contribution in [2.24, 2.45) is 11.1 Å². The summed E-state index contributed by atoms with van der Waals surface area (Å²) >= 11 is 0. The average Bonchev–Trinajstić information content (AvgIpc) is 2.38. The SMILES string of the molecule is NCC1(C(=O)NCCc2ccccc2C(=O)O)CCC1. The maximum absolute atomic E-state index is 12.1. The first-order valence-electron chi connectivity index (χ1n) is 6.89. The highest BCUT2D eigenvalue weighted by atomic mass is 16.4. The van der Waals surface area contributed by atoms with Gasteiger partial charge in [0.05, 0.1) is 11.0 Å². The molecule has 1 aromatic rings. The van der Waals surface area contributed by atoms with Gasteiger partial charge in [0.25, 0.3) is 0 Å². The van der Waals surface area contributed by atoms with Crippen LogP contribution in [-0.2, 0) is 11.2 Å². The normalized spacial score (nSPS) is 16.2. The Labute approximate surface area is 118 Å². The molecule has 0 unspecified atom stereocenters. The van der Waals surface area contributed by atoms with Crippen LogP contribution in [0.2, 0.25) is 0 Å². The molecule has 1 fully saturated rings. The van der Waals surface area contributed by atoms with Crippen molar-refractivity contribution < 1.29 is 14.7 Å². The maximum Gasteiger partial charge on any atom is 0.335 e. The Balaban J connectivity index is 1.90. The standard InChI is InChI=1S/C15H20N2O3/c16-10-15(7-3-8-15)14(20)17-9-6-11-4-1-2-5-12(11)13(18)19/h1-2,4-5H,3,6-10,16H2,(H,17,20)(H,18,19). The highest BCUT2D eigenvalue weighted by molar-refractivity contribution is 5.89. The molecule has 0 bridgehead atoms. The van der Waals surface area contributed by atoms with Gasteiger partial charge in [-0.25, -0.2) is 4.79 Å². The molecular weight excluding hydrogens is 256 g/mol. The number of carbonyl (C=O) groups is 2. The van der Waals surface area contributed by atoms with Crippen molar-refractivity contribution >= 4 is 11.9 Å². The lowest BCUT2D eigenvalue weighted by molar-refractivity contribution is -0.135. The van der Waals surface area contributed by atoms with Gasteiger partial charge >= 0.3 is 5.97 Å². The molecule has 0 aliphatic heterocycles. The van der Waals surface area contributed by atoms with E-state index in [4.69, 9.17) is 10.8 Å². The van der Waals surface area contributed by atoms with Crippen LogP contribution in [0.15, 0.2) is 24.3 Å². The van der Waals surface area contributed by atoms with Crippen LogP contribution >= 0.6 is 0 Å². The first kappa shape index (κ1) is 14.5. The molecule has 1 aliphatic rings. The molecule has 1 amide bonds. The minimum absolute atomic E-state index is 0.000874. The van der Waals surface area contributed by atoms with E-state index in [0.717, 1.165) is 24.8 Å². The monoisotopic (exact) mass is 276 g/mol.